The van der Waals surface area contributed by atoms with Crippen molar-refractivity contribution in [1.82, 2.24) is 9.88 Å². The molecule has 4 nitrogen and oxygen atoms in total. The van der Waals surface area contributed by atoms with Crippen LogP contribution in [0, 0.1) is 6.92 Å². The summed E-state index contributed by atoms with van der Waals surface area (Å²) in [7, 11) is 1.78. The minimum absolute atomic E-state index is 0.0712. The van der Waals surface area contributed by atoms with Gasteiger partial charge < -0.3 is 10.6 Å². The molecule has 1 aromatic heterocycles. The van der Waals surface area contributed by atoms with Crippen LogP contribution in [0.25, 0.3) is 0 Å². The Hall–Kier alpha value is -1.42. The third kappa shape index (κ3) is 1.72. The smallest absolute Gasteiger partial charge is 0.224 e. The van der Waals surface area contributed by atoms with Gasteiger partial charge in [-0.25, -0.2) is 0 Å². The topological polar surface area (TPSA) is 59.2 Å². The summed E-state index contributed by atoms with van der Waals surface area (Å²) in [5.41, 5.74) is 7.91. The van der Waals surface area contributed by atoms with E-state index < -0.39 is 0 Å². The number of likely N-dealkylation sites (N-methyl/N-ethyl adjacent to an activating group) is 1. The Morgan fingerprint density at radius 2 is 2.27 bits per heavy atom. The molecular weight excluding hydrogens is 190 g/mol. The minimum Gasteiger partial charge on any atom is -0.335 e. The van der Waals surface area contributed by atoms with E-state index in [1.54, 1.807) is 18.1 Å². The predicted octanol–water partition coefficient (Wildman–Crippen LogP) is 0.621. The van der Waals surface area contributed by atoms with Crippen LogP contribution >= 0.6 is 0 Å². The molecule has 0 bridgehead atoms. The molecule has 1 aliphatic rings. The fourth-order valence-electron chi connectivity index (χ4n) is 1.97. The highest BCUT2D eigenvalue weighted by Gasteiger charge is 2.36. The standard InChI is InChI=1S/C11H15N3O/c1-7-3-4-9(13-6-7)11-8(12)5-10(15)14(11)2/h3-4,6,8,11H,5,12H2,1-2H3/t8-,11-/m1/s1. The number of carbonyl (C=O) groups is 1. The van der Waals surface area contributed by atoms with Crippen LogP contribution in [0.3, 0.4) is 0 Å². The molecule has 1 aromatic rings. The molecule has 1 fully saturated rings. The molecule has 0 unspecified atom stereocenters. The average Bonchev–Trinajstić information content (AvgIpc) is 2.44. The Labute approximate surface area is 89.1 Å². The molecule has 0 spiro atoms. The number of hydrogen-bond acceptors (Lipinski definition) is 3. The molecule has 2 atom stereocenters. The van der Waals surface area contributed by atoms with Gasteiger partial charge >= 0.3 is 0 Å². The lowest BCUT2D eigenvalue weighted by Crippen LogP contribution is -2.30. The number of aryl methyl sites for hydroxylation is 1. The van der Waals surface area contributed by atoms with Crippen LogP contribution in [0.4, 0.5) is 0 Å². The number of amides is 1. The molecule has 2 N–H and O–H groups in total. The number of likely N-dealkylation sites (tertiary alicyclic amines) is 1. The summed E-state index contributed by atoms with van der Waals surface area (Å²) >= 11 is 0. The van der Waals surface area contributed by atoms with Gasteiger partial charge in [0.15, 0.2) is 0 Å². The van der Waals surface area contributed by atoms with Crippen molar-refractivity contribution in [3.05, 3.63) is 29.6 Å². The van der Waals surface area contributed by atoms with Crippen molar-refractivity contribution >= 4 is 5.91 Å². The highest BCUT2D eigenvalue weighted by molar-refractivity contribution is 5.79. The van der Waals surface area contributed by atoms with Crippen LogP contribution in [0.15, 0.2) is 18.3 Å². The molecule has 0 radical (unpaired) electrons. The zero-order chi connectivity index (χ0) is 11.0. The highest BCUT2D eigenvalue weighted by Crippen LogP contribution is 2.29. The number of hydrogen-bond donors (Lipinski definition) is 1. The maximum Gasteiger partial charge on any atom is 0.224 e. The van der Waals surface area contributed by atoms with E-state index in [0.29, 0.717) is 6.42 Å². The Morgan fingerprint density at radius 3 is 2.73 bits per heavy atom. The van der Waals surface area contributed by atoms with Crippen LogP contribution in [-0.2, 0) is 4.79 Å². The maximum atomic E-state index is 11.5. The second kappa shape index (κ2) is 3.62. The van der Waals surface area contributed by atoms with Gasteiger partial charge in [0, 0.05) is 25.7 Å². The molecule has 0 aliphatic carbocycles. The summed E-state index contributed by atoms with van der Waals surface area (Å²) in [6.45, 7) is 1.99. The molecular formula is C11H15N3O. The van der Waals surface area contributed by atoms with Crippen molar-refractivity contribution in [2.24, 2.45) is 5.73 Å². The lowest BCUT2D eigenvalue weighted by molar-refractivity contribution is -0.127. The summed E-state index contributed by atoms with van der Waals surface area (Å²) in [5.74, 6) is 0.0925. The Kier molecular flexibility index (Phi) is 2.44. The summed E-state index contributed by atoms with van der Waals surface area (Å²) in [4.78, 5) is 17.5. The Balaban J connectivity index is 2.30. The number of rotatable bonds is 1. The van der Waals surface area contributed by atoms with Crippen molar-refractivity contribution in [2.45, 2.75) is 25.4 Å². The van der Waals surface area contributed by atoms with E-state index in [2.05, 4.69) is 4.98 Å². The van der Waals surface area contributed by atoms with E-state index in [1.165, 1.54) is 0 Å². The van der Waals surface area contributed by atoms with E-state index in [1.807, 2.05) is 19.1 Å². The number of nitrogens with two attached hydrogens (primary N) is 1. The second-order valence-corrected chi connectivity index (χ2v) is 4.08. The zero-order valence-corrected chi connectivity index (χ0v) is 8.97. The first kappa shape index (κ1) is 10.1. The quantitative estimate of drug-likeness (QED) is 0.731. The molecule has 0 aromatic carbocycles. The van der Waals surface area contributed by atoms with Gasteiger partial charge in [-0.15, -0.1) is 0 Å². The molecule has 15 heavy (non-hydrogen) atoms. The van der Waals surface area contributed by atoms with Gasteiger partial charge in [0.25, 0.3) is 0 Å². The molecule has 0 saturated carbocycles. The normalized spacial score (nSPS) is 26.1. The molecule has 1 saturated heterocycles. The van der Waals surface area contributed by atoms with Gasteiger partial charge in [-0.1, -0.05) is 6.07 Å². The first-order valence-corrected chi connectivity index (χ1v) is 5.03. The van der Waals surface area contributed by atoms with Crippen molar-refractivity contribution in [3.63, 3.8) is 0 Å². The number of carbonyl (C=O) groups excluding carboxylic acids is 1. The van der Waals surface area contributed by atoms with Crippen molar-refractivity contribution in [1.29, 1.82) is 0 Å². The Bertz CT molecular complexity index is 374. The molecule has 2 heterocycles. The van der Waals surface area contributed by atoms with Crippen LogP contribution in [-0.4, -0.2) is 28.9 Å². The van der Waals surface area contributed by atoms with Crippen LogP contribution in [0.2, 0.25) is 0 Å². The molecule has 2 rings (SSSR count). The minimum atomic E-state index is -0.141. The van der Waals surface area contributed by atoms with Crippen LogP contribution in [0.1, 0.15) is 23.7 Å². The first-order chi connectivity index (χ1) is 7.09. The summed E-state index contributed by atoms with van der Waals surface area (Å²) in [6, 6.07) is 3.72. The average molecular weight is 205 g/mol. The highest BCUT2D eigenvalue weighted by atomic mass is 16.2. The van der Waals surface area contributed by atoms with E-state index in [4.69, 9.17) is 5.73 Å². The van der Waals surface area contributed by atoms with Gasteiger partial charge in [-0.3, -0.25) is 9.78 Å². The maximum absolute atomic E-state index is 11.5. The van der Waals surface area contributed by atoms with Crippen LogP contribution in [0.5, 0.6) is 0 Å². The predicted molar refractivity (Wildman–Crippen MR) is 57.1 cm³/mol. The summed E-state index contributed by atoms with van der Waals surface area (Å²) < 4.78 is 0. The van der Waals surface area contributed by atoms with Crippen molar-refractivity contribution in [2.75, 3.05) is 7.05 Å². The molecule has 4 heteroatoms. The third-order valence-electron chi connectivity index (χ3n) is 2.86. The number of nitrogens with zero attached hydrogens (tertiary/aromatic N) is 2. The summed E-state index contributed by atoms with van der Waals surface area (Å²) in [5, 5.41) is 0. The molecule has 80 valence electrons. The van der Waals surface area contributed by atoms with Gasteiger partial charge in [0.2, 0.25) is 5.91 Å². The van der Waals surface area contributed by atoms with Crippen molar-refractivity contribution in [3.8, 4) is 0 Å². The first-order valence-electron chi connectivity index (χ1n) is 5.03. The van der Waals surface area contributed by atoms with E-state index >= 15 is 0 Å². The van der Waals surface area contributed by atoms with Gasteiger partial charge in [0.1, 0.15) is 0 Å². The van der Waals surface area contributed by atoms with Gasteiger partial charge in [-0.2, -0.15) is 0 Å². The lowest BCUT2D eigenvalue weighted by Gasteiger charge is -2.22. The number of aromatic nitrogens is 1. The monoisotopic (exact) mass is 205 g/mol. The number of pyridine rings is 1. The zero-order valence-electron chi connectivity index (χ0n) is 8.97. The Morgan fingerprint density at radius 1 is 1.53 bits per heavy atom. The van der Waals surface area contributed by atoms with Crippen LogP contribution < -0.4 is 5.73 Å². The molecule has 1 amide bonds. The second-order valence-electron chi connectivity index (χ2n) is 4.08. The fraction of sp³-hybridized carbons (Fsp3) is 0.455. The van der Waals surface area contributed by atoms with E-state index in [-0.39, 0.29) is 18.0 Å². The van der Waals surface area contributed by atoms with E-state index in [9.17, 15) is 4.79 Å². The van der Waals surface area contributed by atoms with Gasteiger partial charge in [0.05, 0.1) is 11.7 Å². The van der Waals surface area contributed by atoms with E-state index in [0.717, 1.165) is 11.3 Å². The summed E-state index contributed by atoms with van der Waals surface area (Å²) in [6.07, 6.45) is 2.22. The third-order valence-corrected chi connectivity index (χ3v) is 2.86. The fourth-order valence-corrected chi connectivity index (χ4v) is 1.97. The SMILES string of the molecule is Cc1ccc([C@H]2[C@H](N)CC(=O)N2C)nc1. The largest absolute Gasteiger partial charge is 0.335 e. The van der Waals surface area contributed by atoms with Crippen molar-refractivity contribution < 1.29 is 4.79 Å². The lowest BCUT2D eigenvalue weighted by atomic mass is 10.1. The van der Waals surface area contributed by atoms with Gasteiger partial charge in [-0.05, 0) is 18.6 Å². The molecule has 1 aliphatic heterocycles.